The standard InChI is InChI=1S/C17H30N2O/c1-4-9-19(10-12-20-11-8-15(2)3)14-16-6-5-7-17(18)13-16/h5-7,13,15H,4,8-12,14,18H2,1-3H3. The van der Waals surface area contributed by atoms with E-state index in [1.54, 1.807) is 0 Å². The van der Waals surface area contributed by atoms with E-state index in [1.165, 1.54) is 5.56 Å². The Morgan fingerprint density at radius 1 is 1.20 bits per heavy atom. The Morgan fingerprint density at radius 3 is 2.65 bits per heavy atom. The summed E-state index contributed by atoms with van der Waals surface area (Å²) in [5.41, 5.74) is 7.95. The highest BCUT2D eigenvalue weighted by molar-refractivity contribution is 5.40. The molecule has 1 aromatic carbocycles. The van der Waals surface area contributed by atoms with E-state index in [0.717, 1.165) is 51.4 Å². The molecule has 3 heteroatoms. The van der Waals surface area contributed by atoms with Gasteiger partial charge in [0.15, 0.2) is 0 Å². The van der Waals surface area contributed by atoms with E-state index in [2.05, 4.69) is 37.8 Å². The monoisotopic (exact) mass is 278 g/mol. The van der Waals surface area contributed by atoms with Crippen molar-refractivity contribution < 1.29 is 4.74 Å². The molecular weight excluding hydrogens is 248 g/mol. The Balaban J connectivity index is 2.32. The van der Waals surface area contributed by atoms with Crippen molar-refractivity contribution in [1.82, 2.24) is 4.90 Å². The van der Waals surface area contributed by atoms with E-state index >= 15 is 0 Å². The van der Waals surface area contributed by atoms with E-state index in [-0.39, 0.29) is 0 Å². The molecule has 1 aromatic rings. The predicted molar refractivity (Wildman–Crippen MR) is 86.7 cm³/mol. The highest BCUT2D eigenvalue weighted by Crippen LogP contribution is 2.10. The number of rotatable bonds is 10. The smallest absolute Gasteiger partial charge is 0.0593 e. The number of benzene rings is 1. The number of hydrogen-bond donors (Lipinski definition) is 1. The van der Waals surface area contributed by atoms with Gasteiger partial charge in [-0.15, -0.1) is 0 Å². The molecule has 0 saturated carbocycles. The lowest BCUT2D eigenvalue weighted by Crippen LogP contribution is -2.28. The van der Waals surface area contributed by atoms with Gasteiger partial charge in [-0.25, -0.2) is 0 Å². The summed E-state index contributed by atoms with van der Waals surface area (Å²) in [4.78, 5) is 2.43. The third-order valence-corrected chi connectivity index (χ3v) is 3.29. The van der Waals surface area contributed by atoms with E-state index in [4.69, 9.17) is 10.5 Å². The molecule has 0 fully saturated rings. The Morgan fingerprint density at radius 2 is 2.00 bits per heavy atom. The second-order valence-electron chi connectivity index (χ2n) is 5.82. The molecule has 20 heavy (non-hydrogen) atoms. The summed E-state index contributed by atoms with van der Waals surface area (Å²) in [5, 5.41) is 0. The average molecular weight is 278 g/mol. The van der Waals surface area contributed by atoms with Gasteiger partial charge in [0.25, 0.3) is 0 Å². The van der Waals surface area contributed by atoms with Crippen LogP contribution in [0.2, 0.25) is 0 Å². The molecule has 0 aliphatic carbocycles. The molecule has 0 amide bonds. The van der Waals surface area contributed by atoms with Gasteiger partial charge in [0.05, 0.1) is 6.61 Å². The predicted octanol–water partition coefficient (Wildman–Crippen LogP) is 3.54. The molecule has 0 spiro atoms. The van der Waals surface area contributed by atoms with Crippen LogP contribution in [0.4, 0.5) is 5.69 Å². The maximum atomic E-state index is 5.83. The zero-order valence-electron chi connectivity index (χ0n) is 13.3. The molecule has 114 valence electrons. The van der Waals surface area contributed by atoms with E-state index in [9.17, 15) is 0 Å². The number of nitrogen functional groups attached to an aromatic ring is 1. The Labute approximate surface area is 124 Å². The normalized spacial score (nSPS) is 11.4. The van der Waals surface area contributed by atoms with Crippen LogP contribution in [-0.4, -0.2) is 31.2 Å². The fourth-order valence-corrected chi connectivity index (χ4v) is 2.15. The Kier molecular flexibility index (Phi) is 8.31. The number of anilines is 1. The third kappa shape index (κ3) is 7.51. The van der Waals surface area contributed by atoms with Crippen LogP contribution in [-0.2, 0) is 11.3 Å². The molecule has 2 N–H and O–H groups in total. The van der Waals surface area contributed by atoms with Crippen LogP contribution in [0, 0.1) is 5.92 Å². The Hall–Kier alpha value is -1.06. The molecule has 0 aliphatic heterocycles. The van der Waals surface area contributed by atoms with Crippen molar-refractivity contribution in [2.75, 3.05) is 32.0 Å². The van der Waals surface area contributed by atoms with Gasteiger partial charge >= 0.3 is 0 Å². The maximum absolute atomic E-state index is 5.83. The van der Waals surface area contributed by atoms with Crippen molar-refractivity contribution in [2.24, 2.45) is 5.92 Å². The summed E-state index contributed by atoms with van der Waals surface area (Å²) in [6.45, 7) is 11.4. The topological polar surface area (TPSA) is 38.5 Å². The Bertz CT molecular complexity index is 366. The number of nitrogens with zero attached hydrogens (tertiary/aromatic N) is 1. The van der Waals surface area contributed by atoms with Crippen molar-refractivity contribution in [1.29, 1.82) is 0 Å². The zero-order valence-corrected chi connectivity index (χ0v) is 13.3. The van der Waals surface area contributed by atoms with Gasteiger partial charge in [-0.1, -0.05) is 32.9 Å². The molecule has 0 radical (unpaired) electrons. The van der Waals surface area contributed by atoms with Crippen LogP contribution < -0.4 is 5.73 Å². The molecule has 0 saturated heterocycles. The average Bonchev–Trinajstić information content (AvgIpc) is 2.38. The number of hydrogen-bond acceptors (Lipinski definition) is 3. The molecule has 0 heterocycles. The van der Waals surface area contributed by atoms with Gasteiger partial charge in [0.2, 0.25) is 0 Å². The van der Waals surface area contributed by atoms with E-state index in [0.29, 0.717) is 5.92 Å². The first kappa shape index (κ1) is 17.0. The van der Waals surface area contributed by atoms with E-state index < -0.39 is 0 Å². The fraction of sp³-hybridized carbons (Fsp3) is 0.647. The lowest BCUT2D eigenvalue weighted by atomic mass is 10.1. The van der Waals surface area contributed by atoms with Crippen molar-refractivity contribution in [3.05, 3.63) is 29.8 Å². The van der Waals surface area contributed by atoms with Crippen LogP contribution in [0.25, 0.3) is 0 Å². The van der Waals surface area contributed by atoms with Crippen molar-refractivity contribution in [3.8, 4) is 0 Å². The van der Waals surface area contributed by atoms with Gasteiger partial charge in [-0.05, 0) is 43.0 Å². The molecule has 1 rings (SSSR count). The second-order valence-corrected chi connectivity index (χ2v) is 5.82. The first-order chi connectivity index (χ1) is 9.61. The minimum atomic E-state index is 0.717. The fourth-order valence-electron chi connectivity index (χ4n) is 2.15. The molecular formula is C17H30N2O. The highest BCUT2D eigenvalue weighted by atomic mass is 16.5. The van der Waals surface area contributed by atoms with E-state index in [1.807, 2.05) is 12.1 Å². The van der Waals surface area contributed by atoms with Crippen molar-refractivity contribution in [2.45, 2.75) is 40.2 Å². The largest absolute Gasteiger partial charge is 0.399 e. The molecule has 0 aromatic heterocycles. The van der Waals surface area contributed by atoms with Gasteiger partial charge in [-0.2, -0.15) is 0 Å². The third-order valence-electron chi connectivity index (χ3n) is 3.29. The summed E-state index contributed by atoms with van der Waals surface area (Å²) < 4.78 is 5.72. The summed E-state index contributed by atoms with van der Waals surface area (Å²) in [6, 6.07) is 8.15. The molecule has 0 unspecified atom stereocenters. The first-order valence-corrected chi connectivity index (χ1v) is 7.76. The SMILES string of the molecule is CCCN(CCOCCC(C)C)Cc1cccc(N)c1. The van der Waals surface area contributed by atoms with Gasteiger partial charge in [0, 0.05) is 25.4 Å². The van der Waals surface area contributed by atoms with Gasteiger partial charge in [-0.3, -0.25) is 4.90 Å². The second kappa shape index (κ2) is 9.78. The summed E-state index contributed by atoms with van der Waals surface area (Å²) in [5.74, 6) is 0.717. The summed E-state index contributed by atoms with van der Waals surface area (Å²) in [6.07, 6.45) is 2.30. The van der Waals surface area contributed by atoms with Crippen molar-refractivity contribution in [3.63, 3.8) is 0 Å². The summed E-state index contributed by atoms with van der Waals surface area (Å²) in [7, 11) is 0. The summed E-state index contributed by atoms with van der Waals surface area (Å²) >= 11 is 0. The van der Waals surface area contributed by atoms with Crippen LogP contribution in [0.1, 0.15) is 39.2 Å². The first-order valence-electron chi connectivity index (χ1n) is 7.76. The highest BCUT2D eigenvalue weighted by Gasteiger charge is 2.05. The van der Waals surface area contributed by atoms with Gasteiger partial charge in [0.1, 0.15) is 0 Å². The molecule has 0 atom stereocenters. The van der Waals surface area contributed by atoms with Crippen LogP contribution in [0.15, 0.2) is 24.3 Å². The zero-order chi connectivity index (χ0) is 14.8. The molecule has 0 bridgehead atoms. The maximum Gasteiger partial charge on any atom is 0.0593 e. The number of nitrogens with two attached hydrogens (primary N) is 1. The number of ether oxygens (including phenoxy) is 1. The van der Waals surface area contributed by atoms with Crippen LogP contribution in [0.3, 0.4) is 0 Å². The minimum Gasteiger partial charge on any atom is -0.399 e. The lowest BCUT2D eigenvalue weighted by Gasteiger charge is -2.22. The quantitative estimate of drug-likeness (QED) is 0.525. The molecule has 3 nitrogen and oxygen atoms in total. The van der Waals surface area contributed by atoms with Crippen LogP contribution in [0.5, 0.6) is 0 Å². The minimum absolute atomic E-state index is 0.717. The van der Waals surface area contributed by atoms with Gasteiger partial charge < -0.3 is 10.5 Å². The molecule has 0 aliphatic rings. The lowest BCUT2D eigenvalue weighted by molar-refractivity contribution is 0.0938. The van der Waals surface area contributed by atoms with Crippen LogP contribution >= 0.6 is 0 Å². The van der Waals surface area contributed by atoms with Crippen molar-refractivity contribution >= 4 is 5.69 Å².